The molecule has 10 aromatic rings. The summed E-state index contributed by atoms with van der Waals surface area (Å²) in [7, 11) is 0. The van der Waals surface area contributed by atoms with E-state index in [0.29, 0.717) is 0 Å². The van der Waals surface area contributed by atoms with Gasteiger partial charge in [0.2, 0.25) is 0 Å². The van der Waals surface area contributed by atoms with Crippen molar-refractivity contribution in [1.82, 2.24) is 0 Å². The first kappa shape index (κ1) is 38.5. The third kappa shape index (κ3) is 7.42. The topological polar surface area (TPSA) is 6.48 Å². The molecule has 0 aromatic heterocycles. The first-order valence-electron chi connectivity index (χ1n) is 21.5. The maximum absolute atomic E-state index is 2.34. The summed E-state index contributed by atoms with van der Waals surface area (Å²) >= 11 is 0. The minimum Gasteiger partial charge on any atom is -0.310 e. The molecule has 0 atom stereocenters. The van der Waals surface area contributed by atoms with E-state index in [2.05, 4.69) is 256 Å². The SMILES string of the molecule is Cc1ccc(N(c2ccc(-c3ccc(-c4ccc(-c5ccc(N(c6ccc(C)cc6)c6cccc(C)c6)cc5)c5ccccc45)c4ccccc34)cc2)c2cccc(C)c2)cc1. The molecule has 10 rings (SSSR count). The molecule has 0 aliphatic rings. The molecule has 0 N–H and O–H groups in total. The van der Waals surface area contributed by atoms with Gasteiger partial charge in [0, 0.05) is 34.1 Å². The van der Waals surface area contributed by atoms with Crippen LogP contribution in [0.3, 0.4) is 0 Å². The number of aryl methyl sites for hydroxylation is 4. The molecule has 298 valence electrons. The van der Waals surface area contributed by atoms with Crippen molar-refractivity contribution in [3.8, 4) is 33.4 Å². The summed E-state index contributed by atoms with van der Waals surface area (Å²) in [4.78, 5) is 4.68. The number of rotatable bonds is 9. The van der Waals surface area contributed by atoms with Crippen molar-refractivity contribution < 1.29 is 0 Å². The fraction of sp³-hybridized carbons (Fsp3) is 0.0667. The molecule has 0 radical (unpaired) electrons. The molecule has 0 spiro atoms. The third-order valence-corrected chi connectivity index (χ3v) is 12.1. The van der Waals surface area contributed by atoms with Gasteiger partial charge < -0.3 is 9.80 Å². The Morgan fingerprint density at radius 2 is 0.532 bits per heavy atom. The highest BCUT2D eigenvalue weighted by Crippen LogP contribution is 2.43. The molecule has 0 fully saturated rings. The molecule has 0 amide bonds. The molecule has 62 heavy (non-hydrogen) atoms. The van der Waals surface area contributed by atoms with Crippen LogP contribution in [0.15, 0.2) is 218 Å². The van der Waals surface area contributed by atoms with Gasteiger partial charge in [0.05, 0.1) is 0 Å². The standard InChI is InChI=1S/C60H48N2/c1-41-19-27-47(28-20-41)61(51-13-9-11-43(3)39-51)49-31-23-45(24-32-49)53-35-37-59(57-17-7-5-15-55(53)57)60-38-36-54(56-16-6-8-18-58(56)60)46-25-33-50(34-26-46)62(48-29-21-42(2)22-30-48)52-14-10-12-44(4)40-52/h5-40H,1-4H3. The lowest BCUT2D eigenvalue weighted by Crippen LogP contribution is -2.10. The van der Waals surface area contributed by atoms with Crippen molar-refractivity contribution in [2.24, 2.45) is 0 Å². The summed E-state index contributed by atoms with van der Waals surface area (Å²) < 4.78 is 0. The summed E-state index contributed by atoms with van der Waals surface area (Å²) in [5.74, 6) is 0. The van der Waals surface area contributed by atoms with E-state index in [4.69, 9.17) is 0 Å². The van der Waals surface area contributed by atoms with Gasteiger partial charge in [-0.05, 0) is 167 Å². The van der Waals surface area contributed by atoms with Gasteiger partial charge in [-0.2, -0.15) is 0 Å². The molecule has 10 aromatic carbocycles. The van der Waals surface area contributed by atoms with E-state index >= 15 is 0 Å². The van der Waals surface area contributed by atoms with E-state index in [0.717, 1.165) is 34.1 Å². The summed E-state index contributed by atoms with van der Waals surface area (Å²) in [5.41, 5.74) is 19.1. The van der Waals surface area contributed by atoms with Crippen molar-refractivity contribution in [1.29, 1.82) is 0 Å². The third-order valence-electron chi connectivity index (χ3n) is 12.1. The van der Waals surface area contributed by atoms with E-state index in [9.17, 15) is 0 Å². The minimum atomic E-state index is 1.13. The van der Waals surface area contributed by atoms with Crippen molar-refractivity contribution in [3.05, 3.63) is 241 Å². The maximum atomic E-state index is 2.34. The quantitative estimate of drug-likeness (QED) is 0.144. The second-order valence-electron chi connectivity index (χ2n) is 16.5. The maximum Gasteiger partial charge on any atom is 0.0464 e. The Labute approximate surface area is 365 Å². The van der Waals surface area contributed by atoms with E-state index in [1.54, 1.807) is 0 Å². The van der Waals surface area contributed by atoms with Gasteiger partial charge in [0.1, 0.15) is 0 Å². The molecular formula is C60H48N2. The number of nitrogens with zero attached hydrogens (tertiary/aromatic N) is 2. The highest BCUT2D eigenvalue weighted by atomic mass is 15.1. The molecule has 0 aliphatic heterocycles. The van der Waals surface area contributed by atoms with Crippen LogP contribution in [0, 0.1) is 27.7 Å². The molecule has 0 bridgehead atoms. The normalized spacial score (nSPS) is 11.2. The second kappa shape index (κ2) is 16.4. The van der Waals surface area contributed by atoms with Crippen LogP contribution in [-0.4, -0.2) is 0 Å². The van der Waals surface area contributed by atoms with Crippen LogP contribution in [0.5, 0.6) is 0 Å². The van der Waals surface area contributed by atoms with E-state index < -0.39 is 0 Å². The number of hydrogen-bond donors (Lipinski definition) is 0. The molecule has 0 saturated heterocycles. The lowest BCUT2D eigenvalue weighted by atomic mass is 9.88. The predicted molar refractivity (Wildman–Crippen MR) is 266 cm³/mol. The van der Waals surface area contributed by atoms with Crippen molar-refractivity contribution >= 4 is 55.7 Å². The van der Waals surface area contributed by atoms with Crippen LogP contribution in [0.4, 0.5) is 34.1 Å². The number of benzene rings is 10. The highest BCUT2D eigenvalue weighted by Gasteiger charge is 2.18. The van der Waals surface area contributed by atoms with Gasteiger partial charge in [-0.15, -0.1) is 0 Å². The molecule has 2 heteroatoms. The Hall–Kier alpha value is -7.68. The molecule has 0 aliphatic carbocycles. The fourth-order valence-electron chi connectivity index (χ4n) is 8.97. The van der Waals surface area contributed by atoms with Crippen LogP contribution >= 0.6 is 0 Å². The smallest absolute Gasteiger partial charge is 0.0464 e. The van der Waals surface area contributed by atoms with Gasteiger partial charge in [0.25, 0.3) is 0 Å². The van der Waals surface area contributed by atoms with Gasteiger partial charge in [-0.25, -0.2) is 0 Å². The summed E-state index contributed by atoms with van der Waals surface area (Å²) in [6.45, 7) is 8.57. The first-order chi connectivity index (χ1) is 30.4. The Morgan fingerprint density at radius 3 is 0.871 bits per heavy atom. The average molecular weight is 797 g/mol. The van der Waals surface area contributed by atoms with Gasteiger partial charge in [0.15, 0.2) is 0 Å². The van der Waals surface area contributed by atoms with Gasteiger partial charge in [-0.1, -0.05) is 157 Å². The largest absolute Gasteiger partial charge is 0.310 e. The first-order valence-corrected chi connectivity index (χ1v) is 21.5. The molecule has 0 saturated carbocycles. The van der Waals surface area contributed by atoms with Crippen LogP contribution in [-0.2, 0) is 0 Å². The minimum absolute atomic E-state index is 1.13. The van der Waals surface area contributed by atoms with Crippen molar-refractivity contribution in [3.63, 3.8) is 0 Å². The van der Waals surface area contributed by atoms with E-state index in [1.165, 1.54) is 77.2 Å². The fourth-order valence-corrected chi connectivity index (χ4v) is 8.97. The number of anilines is 6. The monoisotopic (exact) mass is 796 g/mol. The molecule has 0 unspecified atom stereocenters. The zero-order valence-electron chi connectivity index (χ0n) is 35.7. The summed E-state index contributed by atoms with van der Waals surface area (Å²) in [6, 6.07) is 80.0. The van der Waals surface area contributed by atoms with Crippen LogP contribution in [0.25, 0.3) is 54.9 Å². The highest BCUT2D eigenvalue weighted by molar-refractivity contribution is 6.12. The Balaban J connectivity index is 1.01. The Kier molecular flexibility index (Phi) is 10.2. The molecule has 0 heterocycles. The number of hydrogen-bond acceptors (Lipinski definition) is 2. The zero-order chi connectivity index (χ0) is 42.2. The van der Waals surface area contributed by atoms with Gasteiger partial charge >= 0.3 is 0 Å². The van der Waals surface area contributed by atoms with Crippen molar-refractivity contribution in [2.75, 3.05) is 9.80 Å². The van der Waals surface area contributed by atoms with Crippen LogP contribution < -0.4 is 9.80 Å². The Bertz CT molecular complexity index is 2980. The summed E-state index contributed by atoms with van der Waals surface area (Å²) in [5, 5.41) is 4.96. The van der Waals surface area contributed by atoms with E-state index in [1.807, 2.05) is 0 Å². The molecule has 2 nitrogen and oxygen atoms in total. The second-order valence-corrected chi connectivity index (χ2v) is 16.5. The lowest BCUT2D eigenvalue weighted by molar-refractivity contribution is 1.26. The van der Waals surface area contributed by atoms with Gasteiger partial charge in [-0.3, -0.25) is 0 Å². The number of fused-ring (bicyclic) bond motifs is 2. The summed E-state index contributed by atoms with van der Waals surface area (Å²) in [6.07, 6.45) is 0. The average Bonchev–Trinajstić information content (AvgIpc) is 3.30. The molecular weight excluding hydrogens is 749 g/mol. The lowest BCUT2D eigenvalue weighted by Gasteiger charge is -2.26. The zero-order valence-corrected chi connectivity index (χ0v) is 35.7. The Morgan fingerprint density at radius 1 is 0.226 bits per heavy atom. The van der Waals surface area contributed by atoms with Crippen molar-refractivity contribution in [2.45, 2.75) is 27.7 Å². The predicted octanol–water partition coefficient (Wildman–Crippen LogP) is 17.2. The van der Waals surface area contributed by atoms with E-state index in [-0.39, 0.29) is 0 Å². The van der Waals surface area contributed by atoms with Crippen LogP contribution in [0.1, 0.15) is 22.3 Å². The van der Waals surface area contributed by atoms with Crippen LogP contribution in [0.2, 0.25) is 0 Å².